The second-order valence-corrected chi connectivity index (χ2v) is 5.67. The Hall–Kier alpha value is -0.470. The van der Waals surface area contributed by atoms with Crippen LogP contribution < -0.4 is 5.73 Å². The summed E-state index contributed by atoms with van der Waals surface area (Å²) in [7, 11) is 0. The highest BCUT2D eigenvalue weighted by Gasteiger charge is 2.15. The van der Waals surface area contributed by atoms with E-state index in [9.17, 15) is 0 Å². The summed E-state index contributed by atoms with van der Waals surface area (Å²) in [5.74, 6) is 2.25. The van der Waals surface area contributed by atoms with E-state index in [0.29, 0.717) is 0 Å². The van der Waals surface area contributed by atoms with Crippen LogP contribution in [0.15, 0.2) is 29.2 Å². The Morgan fingerprint density at radius 2 is 1.94 bits per heavy atom. The van der Waals surface area contributed by atoms with Crippen molar-refractivity contribution in [3.8, 4) is 0 Å². The molecule has 2 N–H and O–H groups in total. The number of nitrogens with two attached hydrogens (primary N) is 1. The van der Waals surface area contributed by atoms with Gasteiger partial charge in [0, 0.05) is 10.6 Å². The van der Waals surface area contributed by atoms with Gasteiger partial charge >= 0.3 is 0 Å². The molecule has 1 saturated carbocycles. The average Bonchev–Trinajstić information content (AvgIpc) is 2.81. The van der Waals surface area contributed by atoms with Crippen LogP contribution >= 0.6 is 11.8 Å². The van der Waals surface area contributed by atoms with Gasteiger partial charge < -0.3 is 5.73 Å². The Labute approximate surface area is 103 Å². The van der Waals surface area contributed by atoms with Gasteiger partial charge in [-0.05, 0) is 43.4 Å². The minimum atomic E-state index is 0.751. The van der Waals surface area contributed by atoms with Crippen molar-refractivity contribution in [2.45, 2.75) is 37.0 Å². The van der Waals surface area contributed by atoms with Crippen LogP contribution in [0.25, 0.3) is 0 Å². The first-order valence-corrected chi connectivity index (χ1v) is 7.29. The Bertz CT molecular complexity index is 318. The summed E-state index contributed by atoms with van der Waals surface area (Å²) in [6, 6.07) is 8.70. The van der Waals surface area contributed by atoms with Gasteiger partial charge in [0.05, 0.1) is 0 Å². The van der Waals surface area contributed by atoms with Crippen LogP contribution in [-0.4, -0.2) is 12.3 Å². The molecule has 0 saturated heterocycles. The summed E-state index contributed by atoms with van der Waals surface area (Å²) >= 11 is 2.03. The highest BCUT2D eigenvalue weighted by atomic mass is 32.2. The second-order valence-electron chi connectivity index (χ2n) is 4.61. The molecule has 0 unspecified atom stereocenters. The van der Waals surface area contributed by atoms with Crippen molar-refractivity contribution in [1.29, 1.82) is 0 Å². The van der Waals surface area contributed by atoms with Crippen molar-refractivity contribution in [3.63, 3.8) is 0 Å². The highest BCUT2D eigenvalue weighted by Crippen LogP contribution is 2.32. The zero-order chi connectivity index (χ0) is 11.2. The number of thioether (sulfide) groups is 1. The van der Waals surface area contributed by atoms with Crippen LogP contribution in [0.5, 0.6) is 0 Å². The van der Waals surface area contributed by atoms with E-state index in [0.717, 1.165) is 18.9 Å². The zero-order valence-corrected chi connectivity index (χ0v) is 10.6. The van der Waals surface area contributed by atoms with Gasteiger partial charge in [0.1, 0.15) is 0 Å². The summed E-state index contributed by atoms with van der Waals surface area (Å²) in [5, 5.41) is 0. The SMILES string of the molecule is NCCc1ccccc1SCC1CCCC1. The van der Waals surface area contributed by atoms with E-state index in [1.165, 1.54) is 41.9 Å². The molecule has 0 radical (unpaired) electrons. The molecule has 0 amide bonds. The maximum Gasteiger partial charge on any atom is 0.0105 e. The molecule has 1 fully saturated rings. The molecule has 1 aliphatic carbocycles. The first-order valence-electron chi connectivity index (χ1n) is 6.31. The molecule has 1 nitrogen and oxygen atoms in total. The second kappa shape index (κ2) is 6.31. The molecule has 88 valence electrons. The predicted octanol–water partition coefficient (Wildman–Crippen LogP) is 3.47. The van der Waals surface area contributed by atoms with E-state index in [2.05, 4.69) is 24.3 Å². The molecule has 2 heteroatoms. The molecule has 1 aromatic carbocycles. The number of benzene rings is 1. The molecule has 0 aromatic heterocycles. The molecule has 0 spiro atoms. The van der Waals surface area contributed by atoms with E-state index in [1.54, 1.807) is 0 Å². The fourth-order valence-electron chi connectivity index (χ4n) is 2.39. The lowest BCUT2D eigenvalue weighted by Crippen LogP contribution is -2.04. The normalized spacial score (nSPS) is 16.8. The van der Waals surface area contributed by atoms with Crippen LogP contribution in [0.2, 0.25) is 0 Å². The Balaban J connectivity index is 1.91. The van der Waals surface area contributed by atoms with Crippen molar-refractivity contribution >= 4 is 11.8 Å². The maximum absolute atomic E-state index is 5.64. The van der Waals surface area contributed by atoms with Gasteiger partial charge in [-0.25, -0.2) is 0 Å². The Morgan fingerprint density at radius 1 is 1.19 bits per heavy atom. The minimum absolute atomic E-state index is 0.751. The van der Waals surface area contributed by atoms with Crippen LogP contribution in [0, 0.1) is 5.92 Å². The first kappa shape index (κ1) is 12.0. The highest BCUT2D eigenvalue weighted by molar-refractivity contribution is 7.99. The molecule has 0 bridgehead atoms. The van der Waals surface area contributed by atoms with Crippen molar-refractivity contribution < 1.29 is 0 Å². The number of hydrogen-bond acceptors (Lipinski definition) is 2. The summed E-state index contributed by atoms with van der Waals surface area (Å²) in [5.41, 5.74) is 7.06. The molecular weight excluding hydrogens is 214 g/mol. The molecule has 1 aliphatic rings. The molecule has 16 heavy (non-hydrogen) atoms. The predicted molar refractivity (Wildman–Crippen MR) is 71.9 cm³/mol. The van der Waals surface area contributed by atoms with Gasteiger partial charge in [-0.3, -0.25) is 0 Å². The Morgan fingerprint density at radius 3 is 2.69 bits per heavy atom. The van der Waals surface area contributed by atoms with Crippen molar-refractivity contribution in [2.24, 2.45) is 11.7 Å². The van der Waals surface area contributed by atoms with E-state index >= 15 is 0 Å². The van der Waals surface area contributed by atoms with E-state index in [1.807, 2.05) is 11.8 Å². The fraction of sp³-hybridized carbons (Fsp3) is 0.571. The smallest absolute Gasteiger partial charge is 0.0105 e. The largest absolute Gasteiger partial charge is 0.330 e. The topological polar surface area (TPSA) is 26.0 Å². The molecule has 0 aliphatic heterocycles. The molecular formula is C14H21NS. The molecule has 0 atom stereocenters. The summed E-state index contributed by atoms with van der Waals surface area (Å²) in [6.07, 6.45) is 6.76. The van der Waals surface area contributed by atoms with Gasteiger partial charge in [0.2, 0.25) is 0 Å². The van der Waals surface area contributed by atoms with E-state index < -0.39 is 0 Å². The third kappa shape index (κ3) is 3.26. The Kier molecular flexibility index (Phi) is 4.73. The molecule has 1 aromatic rings. The minimum Gasteiger partial charge on any atom is -0.330 e. The lowest BCUT2D eigenvalue weighted by molar-refractivity contribution is 0.623. The average molecular weight is 235 g/mol. The quantitative estimate of drug-likeness (QED) is 0.791. The van der Waals surface area contributed by atoms with Gasteiger partial charge in [-0.15, -0.1) is 11.8 Å². The van der Waals surface area contributed by atoms with Crippen LogP contribution in [-0.2, 0) is 6.42 Å². The van der Waals surface area contributed by atoms with Gasteiger partial charge in [-0.2, -0.15) is 0 Å². The fourth-order valence-corrected chi connectivity index (χ4v) is 3.67. The third-order valence-electron chi connectivity index (χ3n) is 3.34. The van der Waals surface area contributed by atoms with Crippen LogP contribution in [0.3, 0.4) is 0 Å². The van der Waals surface area contributed by atoms with Crippen molar-refractivity contribution in [1.82, 2.24) is 0 Å². The number of hydrogen-bond donors (Lipinski definition) is 1. The van der Waals surface area contributed by atoms with E-state index in [4.69, 9.17) is 5.73 Å². The standard InChI is InChI=1S/C14H21NS/c15-10-9-13-7-3-4-8-14(13)16-11-12-5-1-2-6-12/h3-4,7-8,12H,1-2,5-6,9-11,15H2. The molecule has 2 rings (SSSR count). The van der Waals surface area contributed by atoms with Gasteiger partial charge in [-0.1, -0.05) is 31.0 Å². The third-order valence-corrected chi connectivity index (χ3v) is 4.68. The van der Waals surface area contributed by atoms with Gasteiger partial charge in [0.25, 0.3) is 0 Å². The zero-order valence-electron chi connectivity index (χ0n) is 9.82. The monoisotopic (exact) mass is 235 g/mol. The van der Waals surface area contributed by atoms with E-state index in [-0.39, 0.29) is 0 Å². The summed E-state index contributed by atoms with van der Waals surface area (Å²) in [6.45, 7) is 0.751. The van der Waals surface area contributed by atoms with Gasteiger partial charge in [0.15, 0.2) is 0 Å². The van der Waals surface area contributed by atoms with Crippen molar-refractivity contribution in [2.75, 3.05) is 12.3 Å². The number of rotatable bonds is 5. The lowest BCUT2D eigenvalue weighted by atomic mass is 10.1. The maximum atomic E-state index is 5.64. The molecule has 0 heterocycles. The van der Waals surface area contributed by atoms with Crippen LogP contribution in [0.4, 0.5) is 0 Å². The first-order chi connectivity index (χ1) is 7.90. The lowest BCUT2D eigenvalue weighted by Gasteiger charge is -2.11. The van der Waals surface area contributed by atoms with Crippen molar-refractivity contribution in [3.05, 3.63) is 29.8 Å². The van der Waals surface area contributed by atoms with Crippen LogP contribution in [0.1, 0.15) is 31.2 Å². The summed E-state index contributed by atoms with van der Waals surface area (Å²) < 4.78 is 0. The summed E-state index contributed by atoms with van der Waals surface area (Å²) in [4.78, 5) is 1.44.